The fraction of sp³-hybridized carbons (Fsp3) is 0.471. The molecule has 0 unspecified atom stereocenters. The number of allylic oxidation sites excluding steroid dienone is 2. The van der Waals surface area contributed by atoms with Crippen LogP contribution in [0.15, 0.2) is 72.8 Å². The van der Waals surface area contributed by atoms with Crippen LogP contribution in [0.5, 0.6) is 0 Å². The Balaban J connectivity index is 1.81. The maximum absolute atomic E-state index is 13.6. The lowest BCUT2D eigenvalue weighted by atomic mass is 9.95. The molecule has 2 amide bonds. The van der Waals surface area contributed by atoms with Crippen molar-refractivity contribution in [3.05, 3.63) is 83.9 Å². The molecule has 9 heteroatoms. The van der Waals surface area contributed by atoms with Crippen LogP contribution in [0.1, 0.15) is 57.6 Å². The Kier molecular flexibility index (Phi) is 12.9. The first-order valence-corrected chi connectivity index (χ1v) is 14.8. The zero-order chi connectivity index (χ0) is 31.2. The largest absolute Gasteiger partial charge is 0.463 e. The highest BCUT2D eigenvalue weighted by molar-refractivity contribution is 5.86. The van der Waals surface area contributed by atoms with Gasteiger partial charge in [0.15, 0.2) is 0 Å². The molecule has 1 aliphatic heterocycles. The number of nitrogens with zero attached hydrogens (tertiary/aromatic N) is 1. The molecule has 3 atom stereocenters. The van der Waals surface area contributed by atoms with E-state index in [1.54, 1.807) is 37.8 Å². The quantitative estimate of drug-likeness (QED) is 0.316. The minimum absolute atomic E-state index is 0.0534. The van der Waals surface area contributed by atoms with Gasteiger partial charge in [0.25, 0.3) is 0 Å². The van der Waals surface area contributed by atoms with Crippen molar-refractivity contribution in [2.75, 3.05) is 19.8 Å². The molecule has 1 aliphatic rings. The first-order valence-electron chi connectivity index (χ1n) is 14.8. The van der Waals surface area contributed by atoms with Crippen LogP contribution in [0.4, 0.5) is 0 Å². The molecule has 2 aromatic carbocycles. The highest BCUT2D eigenvalue weighted by Crippen LogP contribution is 2.20. The number of hydrogen-bond donors (Lipinski definition) is 2. The van der Waals surface area contributed by atoms with E-state index in [0.717, 1.165) is 11.1 Å². The van der Waals surface area contributed by atoms with Gasteiger partial charge in [-0.3, -0.25) is 19.2 Å². The lowest BCUT2D eigenvalue weighted by Gasteiger charge is -2.27. The summed E-state index contributed by atoms with van der Waals surface area (Å²) >= 11 is 0. The molecule has 0 aromatic heterocycles. The molecular weight excluding hydrogens is 548 g/mol. The summed E-state index contributed by atoms with van der Waals surface area (Å²) < 4.78 is 11.1. The predicted octanol–water partition coefficient (Wildman–Crippen LogP) is 3.98. The Morgan fingerprint density at radius 3 is 2.14 bits per heavy atom. The van der Waals surface area contributed by atoms with E-state index in [1.807, 2.05) is 60.7 Å². The van der Waals surface area contributed by atoms with Crippen molar-refractivity contribution in [2.45, 2.75) is 71.1 Å². The summed E-state index contributed by atoms with van der Waals surface area (Å²) in [6.07, 6.45) is 4.25. The van der Waals surface area contributed by atoms with Crippen LogP contribution in [0, 0.1) is 11.8 Å². The molecule has 0 aliphatic carbocycles. The Morgan fingerprint density at radius 2 is 1.53 bits per heavy atom. The predicted molar refractivity (Wildman–Crippen MR) is 162 cm³/mol. The van der Waals surface area contributed by atoms with Crippen LogP contribution in [0.3, 0.4) is 0 Å². The summed E-state index contributed by atoms with van der Waals surface area (Å²) in [7, 11) is 0. The average Bonchev–Trinajstić information content (AvgIpc) is 2.95. The van der Waals surface area contributed by atoms with Crippen molar-refractivity contribution in [1.82, 2.24) is 10.2 Å². The zero-order valence-corrected chi connectivity index (χ0v) is 25.4. The van der Waals surface area contributed by atoms with Crippen LogP contribution in [0.2, 0.25) is 0 Å². The van der Waals surface area contributed by atoms with Gasteiger partial charge in [0.2, 0.25) is 11.8 Å². The molecule has 3 rings (SSSR count). The molecule has 0 spiro atoms. The smallest absolute Gasteiger partial charge is 0.309 e. The molecule has 43 heavy (non-hydrogen) atoms. The van der Waals surface area contributed by atoms with E-state index in [2.05, 4.69) is 5.32 Å². The molecule has 1 heterocycles. The van der Waals surface area contributed by atoms with Crippen molar-refractivity contribution in [1.29, 1.82) is 0 Å². The van der Waals surface area contributed by atoms with Gasteiger partial charge in [-0.05, 0) is 51.2 Å². The van der Waals surface area contributed by atoms with Gasteiger partial charge >= 0.3 is 11.9 Å². The third-order valence-electron chi connectivity index (χ3n) is 7.00. The van der Waals surface area contributed by atoms with Gasteiger partial charge in [0, 0.05) is 19.5 Å². The second-order valence-corrected chi connectivity index (χ2v) is 11.9. The number of benzene rings is 2. The number of ether oxygens (including phenoxy) is 2. The van der Waals surface area contributed by atoms with Gasteiger partial charge in [-0.2, -0.15) is 0 Å². The Bertz CT molecular complexity index is 1220. The van der Waals surface area contributed by atoms with Crippen LogP contribution in [0.25, 0.3) is 0 Å². The van der Waals surface area contributed by atoms with Gasteiger partial charge in [-0.1, -0.05) is 72.8 Å². The summed E-state index contributed by atoms with van der Waals surface area (Å²) in [4.78, 5) is 54.1. The van der Waals surface area contributed by atoms with E-state index < -0.39 is 35.4 Å². The number of aliphatic hydroxyl groups is 1. The number of nitrogens with one attached hydrogen (secondary N) is 1. The molecule has 9 nitrogen and oxygen atoms in total. The second-order valence-electron chi connectivity index (χ2n) is 11.9. The van der Waals surface area contributed by atoms with E-state index >= 15 is 0 Å². The van der Waals surface area contributed by atoms with Gasteiger partial charge in [0.1, 0.15) is 12.2 Å². The second kappa shape index (κ2) is 16.6. The van der Waals surface area contributed by atoms with E-state index in [0.29, 0.717) is 13.0 Å². The maximum atomic E-state index is 13.6. The number of carbonyl (C=O) groups excluding carboxylic acids is 4. The highest BCUT2D eigenvalue weighted by atomic mass is 16.6. The van der Waals surface area contributed by atoms with E-state index in [-0.39, 0.29) is 57.3 Å². The number of cyclic esters (lactones) is 1. The molecule has 232 valence electrons. The first kappa shape index (κ1) is 33.5. The van der Waals surface area contributed by atoms with Gasteiger partial charge < -0.3 is 24.8 Å². The van der Waals surface area contributed by atoms with Gasteiger partial charge in [-0.15, -0.1) is 0 Å². The van der Waals surface area contributed by atoms with Crippen LogP contribution < -0.4 is 5.32 Å². The zero-order valence-electron chi connectivity index (χ0n) is 25.4. The minimum Gasteiger partial charge on any atom is -0.463 e. The van der Waals surface area contributed by atoms with Crippen LogP contribution >= 0.6 is 0 Å². The molecule has 2 aromatic rings. The lowest BCUT2D eigenvalue weighted by Crippen LogP contribution is -2.45. The molecule has 0 saturated heterocycles. The van der Waals surface area contributed by atoms with Crippen LogP contribution in [-0.2, 0) is 41.6 Å². The van der Waals surface area contributed by atoms with Gasteiger partial charge in [-0.25, -0.2) is 0 Å². The molecular formula is C34H44N2O7. The number of amides is 2. The molecule has 0 radical (unpaired) electrons. The Hall–Kier alpha value is -3.98. The standard InChI is InChI=1S/C34H44N2O7/c1-34(2,3)43-31(39)22-28-17-11-10-16-27(21-30(38)36(18-19-37)23-26-14-8-5-9-15-26)32(40)35-29(24-42-33(28)41)20-25-12-6-4-7-13-25/h4-15,27-29,37H,16-24H2,1-3H3,(H,35,40)/b11-10-/t27-,28+,29+/m0/s1. The fourth-order valence-corrected chi connectivity index (χ4v) is 4.88. The Labute approximate surface area is 254 Å². The monoisotopic (exact) mass is 592 g/mol. The lowest BCUT2D eigenvalue weighted by molar-refractivity contribution is -0.161. The SMILES string of the molecule is CC(C)(C)OC(=O)C[C@H]1C/C=C\C[C@@H](CC(=O)N(CCO)Cc2ccccc2)C(=O)N[C@H](Cc2ccccc2)COC1=O. The Morgan fingerprint density at radius 1 is 0.930 bits per heavy atom. The highest BCUT2D eigenvalue weighted by Gasteiger charge is 2.30. The first-order chi connectivity index (χ1) is 20.5. The summed E-state index contributed by atoms with van der Waals surface area (Å²) in [5.74, 6) is -3.01. The number of hydrogen-bond acceptors (Lipinski definition) is 7. The summed E-state index contributed by atoms with van der Waals surface area (Å²) in [6.45, 7) is 5.50. The van der Waals surface area contributed by atoms with Crippen molar-refractivity contribution in [3.63, 3.8) is 0 Å². The topological polar surface area (TPSA) is 122 Å². The molecule has 0 saturated carbocycles. The van der Waals surface area contributed by atoms with Crippen molar-refractivity contribution in [2.24, 2.45) is 11.8 Å². The number of carbonyl (C=O) groups is 4. The normalized spacial score (nSPS) is 20.5. The van der Waals surface area contributed by atoms with Crippen molar-refractivity contribution < 1.29 is 33.8 Å². The summed E-state index contributed by atoms with van der Waals surface area (Å²) in [5, 5.41) is 12.6. The van der Waals surface area contributed by atoms with Crippen molar-refractivity contribution in [3.8, 4) is 0 Å². The molecule has 0 bridgehead atoms. The van der Waals surface area contributed by atoms with E-state index in [4.69, 9.17) is 9.47 Å². The van der Waals surface area contributed by atoms with Crippen LogP contribution in [-0.4, -0.2) is 65.2 Å². The third-order valence-corrected chi connectivity index (χ3v) is 7.00. The van der Waals surface area contributed by atoms with E-state index in [9.17, 15) is 24.3 Å². The number of esters is 2. The molecule has 0 fully saturated rings. The fourth-order valence-electron chi connectivity index (χ4n) is 4.88. The number of rotatable bonds is 10. The van der Waals surface area contributed by atoms with Gasteiger partial charge in [0.05, 0.1) is 30.9 Å². The average molecular weight is 593 g/mol. The summed E-state index contributed by atoms with van der Waals surface area (Å²) in [5.41, 5.74) is 1.19. The number of aliphatic hydroxyl groups excluding tert-OH is 1. The third kappa shape index (κ3) is 12.0. The summed E-state index contributed by atoms with van der Waals surface area (Å²) in [6, 6.07) is 18.5. The minimum atomic E-state index is -0.746. The molecule has 2 N–H and O–H groups in total. The van der Waals surface area contributed by atoms with E-state index in [1.165, 1.54) is 0 Å². The van der Waals surface area contributed by atoms with Crippen molar-refractivity contribution >= 4 is 23.8 Å². The maximum Gasteiger partial charge on any atom is 0.309 e.